The van der Waals surface area contributed by atoms with Crippen molar-refractivity contribution < 1.29 is 14.3 Å². The third-order valence-corrected chi connectivity index (χ3v) is 4.04. The Balaban J connectivity index is 1.77. The number of nitrogens with zero attached hydrogens (tertiary/aromatic N) is 4. The van der Waals surface area contributed by atoms with Crippen molar-refractivity contribution in [1.29, 1.82) is 0 Å². The number of nitrogens with one attached hydrogen (secondary N) is 1. The number of hydrogen-bond donors (Lipinski definition) is 1. The quantitative estimate of drug-likeness (QED) is 0.735. The van der Waals surface area contributed by atoms with Crippen LogP contribution >= 0.6 is 11.3 Å². The van der Waals surface area contributed by atoms with E-state index in [4.69, 9.17) is 9.47 Å². The summed E-state index contributed by atoms with van der Waals surface area (Å²) >= 11 is 1.26. The van der Waals surface area contributed by atoms with Gasteiger partial charge in [-0.05, 0) is 18.2 Å². The molecular weight excluding hydrogens is 330 g/mol. The van der Waals surface area contributed by atoms with Crippen molar-refractivity contribution in [3.8, 4) is 22.1 Å². The van der Waals surface area contributed by atoms with Crippen LogP contribution in [0.2, 0.25) is 0 Å². The molecule has 0 saturated heterocycles. The van der Waals surface area contributed by atoms with Crippen molar-refractivity contribution in [2.75, 3.05) is 19.5 Å². The average Bonchev–Trinajstić information content (AvgIpc) is 3.25. The molecule has 124 valence electrons. The van der Waals surface area contributed by atoms with Gasteiger partial charge in [0, 0.05) is 12.4 Å². The first-order chi connectivity index (χ1) is 11.7. The van der Waals surface area contributed by atoms with Gasteiger partial charge in [-0.2, -0.15) is 5.10 Å². The van der Waals surface area contributed by atoms with Crippen LogP contribution in [0.4, 0.5) is 5.13 Å². The molecule has 1 aromatic carbocycles. The normalized spacial score (nSPS) is 10.4. The fraction of sp³-hybridized carbons (Fsp3) is 0.200. The van der Waals surface area contributed by atoms with Gasteiger partial charge in [0.1, 0.15) is 6.54 Å². The second-order valence-electron chi connectivity index (χ2n) is 4.71. The molecule has 0 radical (unpaired) electrons. The monoisotopic (exact) mass is 345 g/mol. The Hall–Kier alpha value is -2.94. The molecule has 0 bridgehead atoms. The maximum Gasteiger partial charge on any atom is 0.247 e. The lowest BCUT2D eigenvalue weighted by Gasteiger charge is -2.10. The summed E-state index contributed by atoms with van der Waals surface area (Å²) in [5.74, 6) is 0.957. The molecule has 1 N–H and O–H groups in total. The van der Waals surface area contributed by atoms with Gasteiger partial charge in [-0.1, -0.05) is 17.4 Å². The van der Waals surface area contributed by atoms with Gasteiger partial charge in [-0.25, -0.2) is 0 Å². The third kappa shape index (κ3) is 3.35. The van der Waals surface area contributed by atoms with E-state index in [2.05, 4.69) is 20.6 Å². The minimum Gasteiger partial charge on any atom is -0.493 e. The average molecular weight is 345 g/mol. The number of aromatic nitrogens is 4. The molecule has 3 rings (SSSR count). The van der Waals surface area contributed by atoms with E-state index in [0.29, 0.717) is 21.6 Å². The van der Waals surface area contributed by atoms with E-state index in [1.165, 1.54) is 16.0 Å². The Morgan fingerprint density at radius 3 is 2.83 bits per heavy atom. The Kier molecular flexibility index (Phi) is 4.71. The van der Waals surface area contributed by atoms with E-state index in [1.807, 2.05) is 12.1 Å². The number of para-hydroxylation sites is 1. The molecule has 1 amide bonds. The molecule has 3 aromatic rings. The van der Waals surface area contributed by atoms with Gasteiger partial charge >= 0.3 is 0 Å². The molecule has 24 heavy (non-hydrogen) atoms. The third-order valence-electron chi connectivity index (χ3n) is 3.17. The van der Waals surface area contributed by atoms with E-state index in [1.54, 1.807) is 38.7 Å². The van der Waals surface area contributed by atoms with Crippen LogP contribution in [0.5, 0.6) is 11.5 Å². The molecule has 0 fully saturated rings. The van der Waals surface area contributed by atoms with Gasteiger partial charge in [-0.15, -0.1) is 10.2 Å². The molecule has 0 aliphatic rings. The van der Waals surface area contributed by atoms with Crippen LogP contribution in [-0.4, -0.2) is 40.1 Å². The number of ether oxygens (including phenoxy) is 2. The number of hydrogen-bond acceptors (Lipinski definition) is 7. The van der Waals surface area contributed by atoms with Crippen molar-refractivity contribution >= 4 is 22.4 Å². The summed E-state index contributed by atoms with van der Waals surface area (Å²) in [7, 11) is 3.14. The Bertz CT molecular complexity index is 832. The Morgan fingerprint density at radius 1 is 1.25 bits per heavy atom. The van der Waals surface area contributed by atoms with Gasteiger partial charge in [0.25, 0.3) is 0 Å². The van der Waals surface area contributed by atoms with E-state index in [-0.39, 0.29) is 12.5 Å². The summed E-state index contributed by atoms with van der Waals surface area (Å²) in [5.41, 5.74) is 0.752. The molecule has 0 atom stereocenters. The highest BCUT2D eigenvalue weighted by atomic mass is 32.1. The summed E-state index contributed by atoms with van der Waals surface area (Å²) in [6.45, 7) is 0.115. The summed E-state index contributed by atoms with van der Waals surface area (Å²) < 4.78 is 12.2. The molecule has 0 saturated carbocycles. The lowest BCUT2D eigenvalue weighted by atomic mass is 10.2. The SMILES string of the molecule is COc1cccc(-c2nnc(NC(=O)Cn3cccn3)s2)c1OC. The van der Waals surface area contributed by atoms with Crippen LogP contribution in [0, 0.1) is 0 Å². The fourth-order valence-corrected chi connectivity index (χ4v) is 2.92. The maximum atomic E-state index is 12.0. The minimum absolute atomic E-state index is 0.115. The van der Waals surface area contributed by atoms with Gasteiger partial charge in [0.05, 0.1) is 19.8 Å². The zero-order chi connectivity index (χ0) is 16.9. The molecule has 2 heterocycles. The molecule has 2 aromatic heterocycles. The first kappa shape index (κ1) is 15.9. The van der Waals surface area contributed by atoms with Gasteiger partial charge < -0.3 is 9.47 Å². The van der Waals surface area contributed by atoms with Crippen molar-refractivity contribution in [3.63, 3.8) is 0 Å². The molecule has 0 spiro atoms. The summed E-state index contributed by atoms with van der Waals surface area (Å²) in [4.78, 5) is 12.0. The highest BCUT2D eigenvalue weighted by Gasteiger charge is 2.16. The fourth-order valence-electron chi connectivity index (χ4n) is 2.14. The first-order valence-corrected chi connectivity index (χ1v) is 7.85. The zero-order valence-electron chi connectivity index (χ0n) is 13.1. The van der Waals surface area contributed by atoms with Gasteiger partial charge in [-0.3, -0.25) is 14.8 Å². The Morgan fingerprint density at radius 2 is 2.12 bits per heavy atom. The van der Waals surface area contributed by atoms with Crippen LogP contribution in [0.15, 0.2) is 36.7 Å². The van der Waals surface area contributed by atoms with Crippen LogP contribution in [0.1, 0.15) is 0 Å². The molecule has 8 nitrogen and oxygen atoms in total. The lowest BCUT2D eigenvalue weighted by molar-refractivity contribution is -0.116. The predicted octanol–water partition coefficient (Wildman–Crippen LogP) is 2.06. The van der Waals surface area contributed by atoms with Gasteiger partial charge in [0.15, 0.2) is 16.5 Å². The second-order valence-corrected chi connectivity index (χ2v) is 5.68. The number of carbonyl (C=O) groups excluding carboxylic acids is 1. The van der Waals surface area contributed by atoms with Crippen molar-refractivity contribution in [3.05, 3.63) is 36.7 Å². The molecule has 9 heteroatoms. The summed E-state index contributed by atoms with van der Waals surface area (Å²) in [6, 6.07) is 7.26. The van der Waals surface area contributed by atoms with Crippen LogP contribution in [-0.2, 0) is 11.3 Å². The first-order valence-electron chi connectivity index (χ1n) is 7.03. The number of anilines is 1. The highest BCUT2D eigenvalue weighted by Crippen LogP contribution is 2.39. The van der Waals surface area contributed by atoms with Crippen LogP contribution in [0.3, 0.4) is 0 Å². The number of carbonyl (C=O) groups is 1. The lowest BCUT2D eigenvalue weighted by Crippen LogP contribution is -2.18. The van der Waals surface area contributed by atoms with E-state index in [9.17, 15) is 4.79 Å². The summed E-state index contributed by atoms with van der Waals surface area (Å²) in [5, 5.41) is 15.8. The molecule has 0 aliphatic carbocycles. The second kappa shape index (κ2) is 7.09. The molecule has 0 unspecified atom stereocenters. The van der Waals surface area contributed by atoms with Crippen LogP contribution < -0.4 is 14.8 Å². The number of amides is 1. The van der Waals surface area contributed by atoms with Gasteiger partial charge in [0.2, 0.25) is 11.0 Å². The number of methoxy groups -OCH3 is 2. The zero-order valence-corrected chi connectivity index (χ0v) is 13.9. The van der Waals surface area contributed by atoms with E-state index in [0.717, 1.165) is 5.56 Å². The van der Waals surface area contributed by atoms with E-state index < -0.39 is 0 Å². The number of benzene rings is 1. The largest absolute Gasteiger partial charge is 0.493 e. The number of rotatable bonds is 6. The van der Waals surface area contributed by atoms with Crippen molar-refractivity contribution in [2.24, 2.45) is 0 Å². The maximum absolute atomic E-state index is 12.0. The smallest absolute Gasteiger partial charge is 0.247 e. The Labute approximate surface area is 142 Å². The van der Waals surface area contributed by atoms with E-state index >= 15 is 0 Å². The van der Waals surface area contributed by atoms with Crippen molar-refractivity contribution in [2.45, 2.75) is 6.54 Å². The van der Waals surface area contributed by atoms with Crippen molar-refractivity contribution in [1.82, 2.24) is 20.0 Å². The van der Waals surface area contributed by atoms with Crippen LogP contribution in [0.25, 0.3) is 10.6 Å². The molecule has 0 aliphatic heterocycles. The highest BCUT2D eigenvalue weighted by molar-refractivity contribution is 7.18. The standard InChI is InChI=1S/C15H15N5O3S/c1-22-11-6-3-5-10(13(11)23-2)14-18-19-15(24-14)17-12(21)9-20-8-4-7-16-20/h3-8H,9H2,1-2H3,(H,17,19,21). The topological polar surface area (TPSA) is 91.2 Å². The minimum atomic E-state index is -0.223. The summed E-state index contributed by atoms with van der Waals surface area (Å²) in [6.07, 6.45) is 3.33. The predicted molar refractivity (Wildman–Crippen MR) is 89.3 cm³/mol. The molecular formula is C15H15N5O3S.